The summed E-state index contributed by atoms with van der Waals surface area (Å²) < 4.78 is 7.88. The van der Waals surface area contributed by atoms with Crippen LogP contribution in [0.4, 0.5) is 5.69 Å². The van der Waals surface area contributed by atoms with Crippen LogP contribution in [0.3, 0.4) is 0 Å². The van der Waals surface area contributed by atoms with Gasteiger partial charge in [0, 0.05) is 11.7 Å². The molecule has 0 radical (unpaired) electrons. The van der Waals surface area contributed by atoms with E-state index < -0.39 is 0 Å². The first kappa shape index (κ1) is 11.1. The van der Waals surface area contributed by atoms with Crippen molar-refractivity contribution in [2.75, 3.05) is 5.73 Å². The molecule has 0 atom stereocenters. The summed E-state index contributed by atoms with van der Waals surface area (Å²) >= 11 is 0. The van der Waals surface area contributed by atoms with Gasteiger partial charge >= 0.3 is 0 Å². The molecule has 1 saturated carbocycles. The number of nitrogen functional groups attached to an aromatic ring is 1. The summed E-state index contributed by atoms with van der Waals surface area (Å²) in [5, 5.41) is 8.29. The second kappa shape index (κ2) is 4.33. The van der Waals surface area contributed by atoms with Gasteiger partial charge in [0.1, 0.15) is 18.2 Å². The predicted molar refractivity (Wildman–Crippen MR) is 68.2 cm³/mol. The van der Waals surface area contributed by atoms with Gasteiger partial charge in [0.25, 0.3) is 0 Å². The second-order valence-corrected chi connectivity index (χ2v) is 4.62. The largest absolute Gasteiger partial charge is 0.486 e. The van der Waals surface area contributed by atoms with E-state index in [2.05, 4.69) is 14.8 Å². The van der Waals surface area contributed by atoms with Crippen LogP contribution in [0.2, 0.25) is 0 Å². The Morgan fingerprint density at radius 2 is 2.00 bits per heavy atom. The molecular weight excluding hydrogens is 228 g/mol. The Morgan fingerprint density at radius 3 is 2.67 bits per heavy atom. The van der Waals surface area contributed by atoms with Crippen molar-refractivity contribution in [2.45, 2.75) is 32.4 Å². The van der Waals surface area contributed by atoms with E-state index in [1.54, 1.807) is 0 Å². The Hall–Kier alpha value is -2.04. The normalized spacial score (nSPS) is 14.7. The maximum atomic E-state index is 5.70. The van der Waals surface area contributed by atoms with E-state index in [4.69, 9.17) is 10.5 Å². The number of benzene rings is 1. The first-order valence-electron chi connectivity index (χ1n) is 6.13. The fourth-order valence-electron chi connectivity index (χ4n) is 2.03. The van der Waals surface area contributed by atoms with Crippen LogP contribution >= 0.6 is 0 Å². The monoisotopic (exact) mass is 244 g/mol. The standard InChI is InChI=1S/C13H16N4O/c1-9-15-16-13(17(9)11-4-5-11)8-18-12-6-2-10(14)3-7-12/h2-3,6-7,11H,4-5,8,14H2,1H3. The number of nitrogens with zero attached hydrogens (tertiary/aromatic N) is 3. The van der Waals surface area contributed by atoms with Crippen molar-refractivity contribution in [2.24, 2.45) is 0 Å². The van der Waals surface area contributed by atoms with Gasteiger partial charge in [-0.2, -0.15) is 0 Å². The Kier molecular flexibility index (Phi) is 2.66. The molecule has 2 aromatic rings. The smallest absolute Gasteiger partial charge is 0.171 e. The second-order valence-electron chi connectivity index (χ2n) is 4.62. The van der Waals surface area contributed by atoms with Gasteiger partial charge in [0.2, 0.25) is 0 Å². The number of aryl methyl sites for hydroxylation is 1. The van der Waals surface area contributed by atoms with Crippen LogP contribution in [0.1, 0.15) is 30.5 Å². The quantitative estimate of drug-likeness (QED) is 0.836. The fourth-order valence-corrected chi connectivity index (χ4v) is 2.03. The third-order valence-electron chi connectivity index (χ3n) is 3.10. The summed E-state index contributed by atoms with van der Waals surface area (Å²) in [5.74, 6) is 2.66. The van der Waals surface area contributed by atoms with Crippen molar-refractivity contribution in [3.63, 3.8) is 0 Å². The highest BCUT2D eigenvalue weighted by Crippen LogP contribution is 2.36. The average molecular weight is 244 g/mol. The number of anilines is 1. The highest BCUT2D eigenvalue weighted by atomic mass is 16.5. The van der Waals surface area contributed by atoms with Crippen LogP contribution in [0.15, 0.2) is 24.3 Å². The van der Waals surface area contributed by atoms with Crippen molar-refractivity contribution in [1.29, 1.82) is 0 Å². The molecule has 3 rings (SSSR count). The number of aromatic nitrogens is 3. The van der Waals surface area contributed by atoms with Crippen LogP contribution in [-0.2, 0) is 6.61 Å². The lowest BCUT2D eigenvalue weighted by Crippen LogP contribution is -2.07. The minimum Gasteiger partial charge on any atom is -0.486 e. The molecule has 0 amide bonds. The van der Waals surface area contributed by atoms with E-state index in [9.17, 15) is 0 Å². The van der Waals surface area contributed by atoms with Gasteiger partial charge in [0.05, 0.1) is 0 Å². The molecule has 5 heteroatoms. The Bertz CT molecular complexity index is 543. The molecule has 0 bridgehead atoms. The molecule has 5 nitrogen and oxygen atoms in total. The molecule has 1 aromatic heterocycles. The summed E-state index contributed by atoms with van der Waals surface area (Å²) in [4.78, 5) is 0. The van der Waals surface area contributed by atoms with E-state index in [-0.39, 0.29) is 0 Å². The van der Waals surface area contributed by atoms with Crippen LogP contribution in [0, 0.1) is 6.92 Å². The van der Waals surface area contributed by atoms with Gasteiger partial charge < -0.3 is 15.0 Å². The lowest BCUT2D eigenvalue weighted by molar-refractivity contribution is 0.288. The Labute approximate surface area is 106 Å². The number of nitrogens with two attached hydrogens (primary N) is 1. The van der Waals surface area contributed by atoms with Gasteiger partial charge in [0.15, 0.2) is 5.82 Å². The van der Waals surface area contributed by atoms with Crippen LogP contribution < -0.4 is 10.5 Å². The highest BCUT2D eigenvalue weighted by Gasteiger charge is 2.28. The summed E-state index contributed by atoms with van der Waals surface area (Å²) in [5.41, 5.74) is 6.36. The van der Waals surface area contributed by atoms with Crippen LogP contribution in [0.5, 0.6) is 5.75 Å². The van der Waals surface area contributed by atoms with Crippen molar-refractivity contribution >= 4 is 5.69 Å². The minimum atomic E-state index is 0.446. The van der Waals surface area contributed by atoms with E-state index in [0.717, 1.165) is 23.1 Å². The summed E-state index contributed by atoms with van der Waals surface area (Å²) in [7, 11) is 0. The molecule has 1 heterocycles. The van der Waals surface area contributed by atoms with E-state index in [1.165, 1.54) is 12.8 Å². The molecular formula is C13H16N4O. The fraction of sp³-hybridized carbons (Fsp3) is 0.385. The zero-order chi connectivity index (χ0) is 12.5. The summed E-state index contributed by atoms with van der Waals surface area (Å²) in [6.07, 6.45) is 2.43. The molecule has 2 N–H and O–H groups in total. The molecule has 0 aliphatic heterocycles. The lowest BCUT2D eigenvalue weighted by Gasteiger charge is -2.08. The summed E-state index contributed by atoms with van der Waals surface area (Å²) in [6, 6.07) is 7.95. The molecule has 1 aliphatic carbocycles. The molecule has 1 aromatic carbocycles. The number of hydrogen-bond acceptors (Lipinski definition) is 4. The van der Waals surface area contributed by atoms with Crippen LogP contribution in [-0.4, -0.2) is 14.8 Å². The molecule has 18 heavy (non-hydrogen) atoms. The Morgan fingerprint density at radius 1 is 1.28 bits per heavy atom. The van der Waals surface area contributed by atoms with Gasteiger partial charge in [-0.25, -0.2) is 0 Å². The van der Waals surface area contributed by atoms with Crippen molar-refractivity contribution < 1.29 is 4.74 Å². The van der Waals surface area contributed by atoms with Crippen molar-refractivity contribution in [3.8, 4) is 5.75 Å². The van der Waals surface area contributed by atoms with E-state index >= 15 is 0 Å². The first-order chi connectivity index (χ1) is 8.74. The van der Waals surface area contributed by atoms with Crippen LogP contribution in [0.25, 0.3) is 0 Å². The SMILES string of the molecule is Cc1nnc(COc2ccc(N)cc2)n1C1CC1. The zero-order valence-electron chi connectivity index (χ0n) is 10.3. The minimum absolute atomic E-state index is 0.446. The van der Waals surface area contributed by atoms with Gasteiger partial charge in [-0.05, 0) is 44.0 Å². The van der Waals surface area contributed by atoms with Crippen molar-refractivity contribution in [3.05, 3.63) is 35.9 Å². The molecule has 0 unspecified atom stereocenters. The lowest BCUT2D eigenvalue weighted by atomic mass is 10.3. The molecule has 1 fully saturated rings. The Balaban J connectivity index is 1.71. The van der Waals surface area contributed by atoms with Gasteiger partial charge in [-0.3, -0.25) is 0 Å². The van der Waals surface area contributed by atoms with Gasteiger partial charge in [-0.1, -0.05) is 0 Å². The molecule has 1 aliphatic rings. The number of rotatable bonds is 4. The zero-order valence-corrected chi connectivity index (χ0v) is 10.3. The first-order valence-corrected chi connectivity index (χ1v) is 6.13. The number of ether oxygens (including phenoxy) is 1. The molecule has 94 valence electrons. The molecule has 0 spiro atoms. The number of hydrogen-bond donors (Lipinski definition) is 1. The third-order valence-corrected chi connectivity index (χ3v) is 3.10. The topological polar surface area (TPSA) is 66.0 Å². The average Bonchev–Trinajstić information content (AvgIpc) is 3.13. The summed E-state index contributed by atoms with van der Waals surface area (Å²) in [6.45, 7) is 2.43. The van der Waals surface area contributed by atoms with E-state index in [1.807, 2.05) is 31.2 Å². The van der Waals surface area contributed by atoms with Crippen molar-refractivity contribution in [1.82, 2.24) is 14.8 Å². The van der Waals surface area contributed by atoms with E-state index in [0.29, 0.717) is 12.6 Å². The predicted octanol–water partition coefficient (Wildman–Crippen LogP) is 2.08. The molecule has 0 saturated heterocycles. The van der Waals surface area contributed by atoms with Gasteiger partial charge in [-0.15, -0.1) is 10.2 Å². The maximum absolute atomic E-state index is 5.70. The highest BCUT2D eigenvalue weighted by molar-refractivity contribution is 5.41. The third kappa shape index (κ3) is 2.16. The maximum Gasteiger partial charge on any atom is 0.171 e.